The van der Waals surface area contributed by atoms with Crippen molar-refractivity contribution < 1.29 is 28.8 Å². The molecule has 0 aromatic heterocycles. The lowest BCUT2D eigenvalue weighted by Gasteiger charge is -2.60. The SMILES string of the molecule is C[C@H]1[C@@H](NC(=O)CN2CCN(C(=O)[C@H](N)Cc3ccc(N(CCCl)CCCl)cc3)CC2)O[C@@H]2OC3(C)CCC4[C@H](C)CC[C@@H]1C42OO3. The zero-order valence-corrected chi connectivity index (χ0v) is 29.4. The number of piperazine rings is 1. The van der Waals surface area contributed by atoms with Gasteiger partial charge in [-0.25, -0.2) is 9.78 Å². The van der Waals surface area contributed by atoms with Crippen LogP contribution in [0.3, 0.4) is 0 Å². The van der Waals surface area contributed by atoms with Crippen LogP contribution in [0.5, 0.6) is 0 Å². The molecule has 5 heterocycles. The number of rotatable bonds is 11. The maximum Gasteiger partial charge on any atom is 0.239 e. The number of fused-ring (bicyclic) bond motifs is 2. The number of ether oxygens (including phenoxy) is 2. The monoisotopic (exact) mass is 695 g/mol. The number of nitrogens with zero attached hydrogens (tertiary/aromatic N) is 3. The summed E-state index contributed by atoms with van der Waals surface area (Å²) in [7, 11) is 0. The average molecular weight is 697 g/mol. The van der Waals surface area contributed by atoms with Crippen LogP contribution in [0.4, 0.5) is 5.69 Å². The van der Waals surface area contributed by atoms with Gasteiger partial charge in [-0.2, -0.15) is 0 Å². The summed E-state index contributed by atoms with van der Waals surface area (Å²) in [6, 6.07) is 7.42. The Morgan fingerprint density at radius 2 is 1.72 bits per heavy atom. The first kappa shape index (κ1) is 35.1. The van der Waals surface area contributed by atoms with Gasteiger partial charge in [0.1, 0.15) is 6.23 Å². The Balaban J connectivity index is 0.982. The third-order valence-corrected chi connectivity index (χ3v) is 11.6. The molecular weight excluding hydrogens is 645 g/mol. The van der Waals surface area contributed by atoms with Gasteiger partial charge in [0.2, 0.25) is 17.6 Å². The van der Waals surface area contributed by atoms with Crippen LogP contribution in [0.25, 0.3) is 0 Å². The Hall–Kier alpha value is -1.70. The van der Waals surface area contributed by atoms with Crippen LogP contribution in [0.1, 0.15) is 52.0 Å². The molecule has 3 unspecified atom stereocenters. The molecule has 3 N–H and O–H groups in total. The van der Waals surface area contributed by atoms with E-state index in [4.69, 9.17) is 48.2 Å². The topological polar surface area (TPSA) is 119 Å². The first-order chi connectivity index (χ1) is 22.6. The third-order valence-electron chi connectivity index (χ3n) is 11.3. The maximum atomic E-state index is 13.3. The van der Waals surface area contributed by atoms with Gasteiger partial charge in [-0.15, -0.1) is 23.2 Å². The van der Waals surface area contributed by atoms with Crippen LogP contribution < -0.4 is 16.0 Å². The number of amides is 2. The molecule has 0 radical (unpaired) electrons. The summed E-state index contributed by atoms with van der Waals surface area (Å²) in [5.74, 6) is 0.952. The van der Waals surface area contributed by atoms with E-state index in [1.807, 2.05) is 36.1 Å². The second-order valence-electron chi connectivity index (χ2n) is 14.3. The Bertz CT molecular complexity index is 1250. The second kappa shape index (κ2) is 14.6. The number of halogens is 2. The number of anilines is 1. The van der Waals surface area contributed by atoms with E-state index in [1.165, 1.54) is 0 Å². The highest BCUT2D eigenvalue weighted by atomic mass is 35.5. The number of benzene rings is 1. The largest absolute Gasteiger partial charge is 0.369 e. The van der Waals surface area contributed by atoms with Crippen molar-refractivity contribution in [3.8, 4) is 0 Å². The van der Waals surface area contributed by atoms with E-state index < -0.39 is 29.9 Å². The van der Waals surface area contributed by atoms with Gasteiger partial charge in [0.05, 0.1) is 12.6 Å². The van der Waals surface area contributed by atoms with Crippen LogP contribution in [0.15, 0.2) is 24.3 Å². The lowest BCUT2D eigenvalue weighted by atomic mass is 9.58. The number of carbonyl (C=O) groups excluding carboxylic acids is 2. The summed E-state index contributed by atoms with van der Waals surface area (Å²) < 4.78 is 12.9. The molecule has 11 nitrogen and oxygen atoms in total. The minimum atomic E-state index is -0.854. The third kappa shape index (κ3) is 7.15. The fourth-order valence-corrected chi connectivity index (χ4v) is 9.00. The lowest BCUT2D eigenvalue weighted by molar-refractivity contribution is -0.571. The van der Waals surface area contributed by atoms with Gasteiger partial charge in [-0.05, 0) is 62.1 Å². The molecule has 6 aliphatic rings. The normalized spacial score (nSPS) is 35.9. The van der Waals surface area contributed by atoms with Crippen LogP contribution in [-0.2, 0) is 35.3 Å². The molecule has 9 atom stereocenters. The molecule has 1 aliphatic carbocycles. The Morgan fingerprint density at radius 1 is 1.02 bits per heavy atom. The standard InChI is InChI=1S/C34H51Cl2N5O6/c1-22-4-9-27-23(2)30(44-32-34(27)26(22)10-11-33(3,45-32)46-47-34)38-29(42)21-39-16-18-41(19-17-39)31(43)28(37)20-24-5-7-25(8-6-24)40(14-12-35)15-13-36/h5-8,22-23,26-28,30,32H,4,9-21,37H2,1-3H3,(H,38,42)/t22-,23-,26?,27+,28-,30+,32-,33?,34?/m1/s1. The highest BCUT2D eigenvalue weighted by Crippen LogP contribution is 2.60. The molecule has 5 saturated heterocycles. The van der Waals surface area contributed by atoms with Crippen molar-refractivity contribution in [1.29, 1.82) is 0 Å². The van der Waals surface area contributed by atoms with Crippen LogP contribution in [-0.4, -0.2) is 109 Å². The van der Waals surface area contributed by atoms with E-state index >= 15 is 0 Å². The van der Waals surface area contributed by atoms with Crippen molar-refractivity contribution in [3.05, 3.63) is 29.8 Å². The van der Waals surface area contributed by atoms with E-state index in [0.29, 0.717) is 63.4 Å². The number of nitrogens with two attached hydrogens (primary N) is 1. The molecule has 47 heavy (non-hydrogen) atoms. The molecule has 13 heteroatoms. The van der Waals surface area contributed by atoms with E-state index in [9.17, 15) is 9.59 Å². The molecule has 5 aliphatic heterocycles. The predicted molar refractivity (Wildman–Crippen MR) is 180 cm³/mol. The van der Waals surface area contributed by atoms with E-state index in [0.717, 1.165) is 36.9 Å². The Morgan fingerprint density at radius 3 is 2.40 bits per heavy atom. The fraction of sp³-hybridized carbons (Fsp3) is 0.765. The van der Waals surface area contributed by atoms with E-state index in [2.05, 4.69) is 29.0 Å². The molecule has 1 saturated carbocycles. The van der Waals surface area contributed by atoms with E-state index in [-0.39, 0.29) is 36.1 Å². The van der Waals surface area contributed by atoms with Gasteiger partial charge in [-0.3, -0.25) is 14.5 Å². The Labute approximate surface area is 288 Å². The van der Waals surface area contributed by atoms with Gasteiger partial charge in [0.25, 0.3) is 0 Å². The second-order valence-corrected chi connectivity index (χ2v) is 15.1. The van der Waals surface area contributed by atoms with Crippen molar-refractivity contribution >= 4 is 40.7 Å². The summed E-state index contributed by atoms with van der Waals surface area (Å²) in [5.41, 5.74) is 7.77. The van der Waals surface area contributed by atoms with Crippen molar-refractivity contribution in [2.75, 3.05) is 62.5 Å². The number of carbonyl (C=O) groups is 2. The molecule has 1 aromatic rings. The molecular formula is C34H51Cl2N5O6. The van der Waals surface area contributed by atoms with Gasteiger partial charge in [0, 0.05) is 75.0 Å². The Kier molecular flexibility index (Phi) is 11.0. The fourth-order valence-electron chi connectivity index (χ4n) is 8.60. The minimum Gasteiger partial charge on any atom is -0.369 e. The zero-order chi connectivity index (χ0) is 33.3. The lowest BCUT2D eigenvalue weighted by Crippen LogP contribution is -2.72. The predicted octanol–water partition coefficient (Wildman–Crippen LogP) is 3.31. The van der Waals surface area contributed by atoms with Crippen molar-refractivity contribution in [3.63, 3.8) is 0 Å². The molecule has 262 valence electrons. The number of hydrogen-bond donors (Lipinski definition) is 2. The summed E-state index contributed by atoms with van der Waals surface area (Å²) in [4.78, 5) is 44.7. The highest BCUT2D eigenvalue weighted by Gasteiger charge is 2.69. The van der Waals surface area contributed by atoms with E-state index in [1.54, 1.807) is 0 Å². The smallest absolute Gasteiger partial charge is 0.239 e. The number of hydrogen-bond acceptors (Lipinski definition) is 9. The molecule has 1 spiro atoms. The molecule has 2 bridgehead atoms. The number of nitrogens with one attached hydrogen (secondary N) is 1. The summed E-state index contributed by atoms with van der Waals surface area (Å²) in [6.07, 6.45) is 3.17. The molecule has 7 rings (SSSR count). The van der Waals surface area contributed by atoms with Gasteiger partial charge in [-0.1, -0.05) is 26.0 Å². The van der Waals surface area contributed by atoms with Gasteiger partial charge < -0.3 is 30.3 Å². The minimum absolute atomic E-state index is 0.0298. The number of alkyl halides is 2. The van der Waals surface area contributed by atoms with Crippen molar-refractivity contribution in [2.24, 2.45) is 29.4 Å². The highest BCUT2D eigenvalue weighted by molar-refractivity contribution is 6.18. The van der Waals surface area contributed by atoms with Crippen LogP contribution >= 0.6 is 23.2 Å². The zero-order valence-electron chi connectivity index (χ0n) is 27.9. The summed E-state index contributed by atoms with van der Waals surface area (Å²) >= 11 is 11.9. The van der Waals surface area contributed by atoms with Gasteiger partial charge >= 0.3 is 0 Å². The first-order valence-corrected chi connectivity index (χ1v) is 18.4. The quantitative estimate of drug-likeness (QED) is 0.266. The van der Waals surface area contributed by atoms with Crippen LogP contribution in [0.2, 0.25) is 0 Å². The van der Waals surface area contributed by atoms with Crippen molar-refractivity contribution in [1.82, 2.24) is 15.1 Å². The first-order valence-electron chi connectivity index (χ1n) is 17.3. The van der Waals surface area contributed by atoms with Crippen molar-refractivity contribution in [2.45, 2.75) is 82.8 Å². The van der Waals surface area contributed by atoms with Crippen LogP contribution in [0, 0.1) is 23.7 Å². The molecule has 2 amide bonds. The summed E-state index contributed by atoms with van der Waals surface area (Å²) in [6.45, 7) is 10.2. The average Bonchev–Trinajstić information content (AvgIpc) is 3.29. The van der Waals surface area contributed by atoms with Gasteiger partial charge in [0.15, 0.2) is 11.9 Å². The molecule has 6 fully saturated rings. The summed E-state index contributed by atoms with van der Waals surface area (Å²) in [5, 5.41) is 3.16. The molecule has 1 aromatic carbocycles. The maximum absolute atomic E-state index is 13.3.